The van der Waals surface area contributed by atoms with Crippen molar-refractivity contribution < 1.29 is 57.9 Å². The molecule has 98 heavy (non-hydrogen) atoms. The molecular formula is C84H84N4O4P4Rh2+4. The largest absolute Gasteiger partial charge is 0.489 e. The Morgan fingerprint density at radius 2 is 0.337 bits per heavy atom. The van der Waals surface area contributed by atoms with Crippen LogP contribution >= 0.6 is 31.7 Å². The first-order chi connectivity index (χ1) is 47.4. The molecule has 0 saturated heterocycles. The maximum Gasteiger partial charge on any atom is 0.127 e. The third-order valence-electron chi connectivity index (χ3n) is 15.1. The number of hydrogen-bond acceptors (Lipinski definition) is 8. The van der Waals surface area contributed by atoms with E-state index in [9.17, 15) is 0 Å². The van der Waals surface area contributed by atoms with Gasteiger partial charge in [-0.05, 0) is 121 Å². The quantitative estimate of drug-likeness (QED) is 0.0432. The molecule has 12 aromatic carbocycles. The molecule has 0 atom stereocenters. The molecule has 0 aromatic heterocycles. The van der Waals surface area contributed by atoms with Crippen LogP contribution in [0.1, 0.15) is 27.7 Å². The van der Waals surface area contributed by atoms with E-state index in [1.807, 2.05) is 0 Å². The maximum absolute atomic E-state index is 7.32. The molecule has 0 saturated carbocycles. The fraction of sp³-hybridized carbons (Fsp3) is 0.143. The van der Waals surface area contributed by atoms with Crippen molar-refractivity contribution >= 4 is 95.7 Å². The number of nitrogens with zero attached hydrogens (tertiary/aromatic N) is 4. The summed E-state index contributed by atoms with van der Waals surface area (Å²) in [6, 6.07) is 119. The predicted molar refractivity (Wildman–Crippen MR) is 416 cm³/mol. The molecule has 0 unspecified atom stereocenters. The molecular weight excluding hydrogens is 1460 g/mol. The second-order valence-corrected chi connectivity index (χ2v) is 31.8. The van der Waals surface area contributed by atoms with E-state index in [1.54, 1.807) is 24.3 Å². The minimum atomic E-state index is -0.942. The van der Waals surface area contributed by atoms with Crippen LogP contribution in [0, 0.1) is 45.3 Å². The van der Waals surface area contributed by atoms with Crippen molar-refractivity contribution in [3.63, 3.8) is 0 Å². The summed E-state index contributed by atoms with van der Waals surface area (Å²) in [6.07, 6.45) is 3.98. The molecule has 0 bridgehead atoms. The van der Waals surface area contributed by atoms with Gasteiger partial charge in [0.25, 0.3) is 0 Å². The van der Waals surface area contributed by atoms with Gasteiger partial charge in [-0.25, -0.2) is 0 Å². The van der Waals surface area contributed by atoms with E-state index in [0.717, 1.165) is 69.2 Å². The smallest absolute Gasteiger partial charge is 0.127 e. The molecule has 0 N–H and O–H groups in total. The molecule has 2 radical (unpaired) electrons. The molecule has 12 rings (SSSR count). The van der Waals surface area contributed by atoms with E-state index in [4.69, 9.17) is 40.0 Å². The maximum atomic E-state index is 7.32. The van der Waals surface area contributed by atoms with Crippen molar-refractivity contribution in [2.75, 3.05) is 51.1 Å². The number of hydrogen-bond donors (Lipinski definition) is 0. The van der Waals surface area contributed by atoms with E-state index in [2.05, 4.69) is 315 Å². The second kappa shape index (κ2) is 47.3. The van der Waals surface area contributed by atoms with Crippen LogP contribution < -0.4 is 61.4 Å². The molecule has 12 aromatic rings. The molecule has 0 spiro atoms. The van der Waals surface area contributed by atoms with E-state index in [1.165, 1.54) is 70.1 Å². The van der Waals surface area contributed by atoms with Gasteiger partial charge < -0.3 is 18.9 Å². The van der Waals surface area contributed by atoms with Gasteiger partial charge in [0, 0.05) is 88.2 Å². The van der Waals surface area contributed by atoms with Crippen LogP contribution in [0.25, 0.3) is 21.5 Å². The van der Waals surface area contributed by atoms with Crippen LogP contribution in [-0.4, -0.2) is 51.1 Å². The van der Waals surface area contributed by atoms with Crippen LogP contribution in [0.3, 0.4) is 0 Å². The average Bonchev–Trinajstić information content (AvgIpc) is 0.812. The van der Waals surface area contributed by atoms with E-state index in [-0.39, 0.29) is 39.0 Å². The first-order valence-corrected chi connectivity index (χ1v) is 38.9. The van der Waals surface area contributed by atoms with Crippen molar-refractivity contribution in [2.45, 2.75) is 27.7 Å². The van der Waals surface area contributed by atoms with Gasteiger partial charge >= 0.3 is 0 Å². The Morgan fingerprint density at radius 1 is 0.214 bits per heavy atom. The second-order valence-electron chi connectivity index (χ2n) is 21.3. The summed E-state index contributed by atoms with van der Waals surface area (Å²) in [6.45, 7) is 8.40. The Hall–Kier alpha value is -8.71. The summed E-state index contributed by atoms with van der Waals surface area (Å²) in [7, 11) is -3.77. The van der Waals surface area contributed by atoms with Gasteiger partial charge in [-0.3, -0.25) is 0 Å². The van der Waals surface area contributed by atoms with E-state index >= 15 is 0 Å². The molecule has 0 fully saturated rings. The van der Waals surface area contributed by atoms with E-state index in [0.29, 0.717) is 26.4 Å². The molecule has 0 aliphatic carbocycles. The standard InChI is InChI=1S/2C38H34O2P2.4C2H3N.2Rh/c2*1-5-15-31(16-6-1)41(32-17-7-2-8-18-32)29-27-39-37-25-26-38(36-24-14-13-23-35(36)37)40-28-30-42(33-19-9-3-10-20-33)34-21-11-4-12-22-34;4*1-2-3;;/h2*1-26H,27-30H2;4*1H3;;/p+4. The topological polar surface area (TPSA) is 132 Å². The molecule has 8 nitrogen and oxygen atoms in total. The Labute approximate surface area is 611 Å². The summed E-state index contributed by atoms with van der Waals surface area (Å²) in [5, 5.41) is 45.0. The van der Waals surface area contributed by atoms with Gasteiger partial charge in [0.1, 0.15) is 74.1 Å². The Morgan fingerprint density at radius 3 is 0.469 bits per heavy atom. The zero-order valence-corrected chi connectivity index (χ0v) is 63.0. The Kier molecular flexibility index (Phi) is 38.6. The first kappa shape index (κ1) is 80.0. The fourth-order valence-electron chi connectivity index (χ4n) is 11.0. The van der Waals surface area contributed by atoms with Gasteiger partial charge in [0.2, 0.25) is 0 Å². The fourth-order valence-corrected chi connectivity index (χ4v) is 20.6. The Balaban J connectivity index is 0.000000300. The van der Waals surface area contributed by atoms with Crippen molar-refractivity contribution in [1.82, 2.24) is 0 Å². The van der Waals surface area contributed by atoms with Crippen molar-refractivity contribution in [3.05, 3.63) is 315 Å². The molecule has 0 aliphatic heterocycles. The van der Waals surface area contributed by atoms with E-state index < -0.39 is 31.7 Å². The molecule has 498 valence electrons. The van der Waals surface area contributed by atoms with Crippen molar-refractivity contribution in [3.8, 4) is 47.3 Å². The summed E-state index contributed by atoms with van der Waals surface area (Å²) < 4.78 is 25.9. The van der Waals surface area contributed by atoms with Crippen LogP contribution in [-0.2, 0) is 39.0 Å². The summed E-state index contributed by atoms with van der Waals surface area (Å²) in [5.41, 5.74) is 0. The minimum absolute atomic E-state index is 0. The van der Waals surface area contributed by atoms with Crippen molar-refractivity contribution in [1.29, 1.82) is 21.0 Å². The summed E-state index contributed by atoms with van der Waals surface area (Å²) in [5.74, 6) is 3.66. The van der Waals surface area contributed by atoms with Gasteiger partial charge in [-0.15, -0.1) is 0 Å². The number of nitriles is 4. The third kappa shape index (κ3) is 25.6. The van der Waals surface area contributed by atoms with Gasteiger partial charge in [-0.2, -0.15) is 21.0 Å². The zero-order valence-electron chi connectivity index (χ0n) is 55.8. The average molecular weight is 1540 g/mol. The van der Waals surface area contributed by atoms with Crippen molar-refractivity contribution in [2.24, 2.45) is 0 Å². The molecule has 0 aliphatic rings. The van der Waals surface area contributed by atoms with Gasteiger partial charge in [0.15, 0.2) is 0 Å². The molecule has 14 heteroatoms. The van der Waals surface area contributed by atoms with Crippen LogP contribution in [0.2, 0.25) is 0 Å². The SMILES string of the molecule is CC#N.CC#N.CC#N.CC#N.[Rh].[Rh].c1ccc([PH+](CCOc2ccc(OCC[PH+](c3ccccc3)c3ccccc3)c3ccccc23)c2ccccc2)cc1.c1ccc([PH+](CCOc2ccc(OCC[PH+](c3ccccc3)c3ccccc3)c3ccccc23)c2ccccc2)cc1. The number of rotatable bonds is 24. The van der Waals surface area contributed by atoms with Crippen LogP contribution in [0.15, 0.2) is 315 Å². The zero-order chi connectivity index (χ0) is 67.6. The molecule has 0 amide bonds. The number of benzene rings is 12. The monoisotopic (exact) mass is 1540 g/mol. The number of ether oxygens (including phenoxy) is 4. The van der Waals surface area contributed by atoms with Crippen LogP contribution in [0.4, 0.5) is 0 Å². The third-order valence-corrected chi connectivity index (χ3v) is 26.2. The first-order valence-electron chi connectivity index (χ1n) is 32.0. The Bertz CT molecular complexity index is 3610. The number of fused-ring (bicyclic) bond motifs is 2. The summed E-state index contributed by atoms with van der Waals surface area (Å²) in [4.78, 5) is 0. The molecule has 0 heterocycles. The normalized spacial score (nSPS) is 9.92. The minimum Gasteiger partial charge on any atom is -0.489 e. The van der Waals surface area contributed by atoms with Crippen LogP contribution in [0.5, 0.6) is 23.0 Å². The van der Waals surface area contributed by atoms with Gasteiger partial charge in [0.05, 0.1) is 98.4 Å². The summed E-state index contributed by atoms with van der Waals surface area (Å²) >= 11 is 0. The van der Waals surface area contributed by atoms with Gasteiger partial charge in [-0.1, -0.05) is 194 Å². The predicted octanol–water partition coefficient (Wildman–Crippen LogP) is 16.8.